The molecule has 42 heavy (non-hydrogen) atoms. The zero-order chi connectivity index (χ0) is 31.8. The molecular weight excluding hydrogens is 592 g/mol. The van der Waals surface area contributed by atoms with Crippen LogP contribution in [0, 0.1) is 22.7 Å². The van der Waals surface area contributed by atoms with Crippen LogP contribution < -0.4 is 0 Å². The lowest BCUT2D eigenvalue weighted by molar-refractivity contribution is -0.144. The molecule has 2 aromatic carbocycles. The smallest absolute Gasteiger partial charge is 0.197 e. The number of hydrogen-bond donors (Lipinski definition) is 0. The Hall–Kier alpha value is -3.42. The van der Waals surface area contributed by atoms with Gasteiger partial charge in [0.2, 0.25) is 0 Å². The molecule has 0 atom stereocenters. The maximum Gasteiger partial charge on any atom is 0.416 e. The fraction of sp³-hybridized carbons (Fsp3) is 0.500. The average Bonchev–Trinajstić information content (AvgIpc) is 3.58. The first-order chi connectivity index (χ1) is 19.2. The van der Waals surface area contributed by atoms with E-state index in [-0.39, 0.29) is 48.9 Å². The number of benzene rings is 2. The van der Waals surface area contributed by atoms with Crippen LogP contribution in [0.25, 0.3) is 0 Å². The molecule has 0 unspecified atom stereocenters. The van der Waals surface area contributed by atoms with Gasteiger partial charge in [-0.05, 0) is 73.2 Å². The fourth-order valence-electron chi connectivity index (χ4n) is 5.35. The van der Waals surface area contributed by atoms with Gasteiger partial charge in [-0.1, -0.05) is 25.7 Å². The minimum absolute atomic E-state index is 0.0868. The van der Waals surface area contributed by atoms with Gasteiger partial charge in [-0.3, -0.25) is 0 Å². The maximum absolute atomic E-state index is 12.8. The van der Waals surface area contributed by atoms with Crippen LogP contribution in [0.1, 0.15) is 84.7 Å². The van der Waals surface area contributed by atoms with Crippen molar-refractivity contribution in [3.8, 4) is 12.1 Å². The van der Waals surface area contributed by atoms with Crippen molar-refractivity contribution in [3.05, 3.63) is 69.8 Å². The zero-order valence-electron chi connectivity index (χ0n) is 21.6. The van der Waals surface area contributed by atoms with Crippen molar-refractivity contribution in [2.24, 2.45) is 0 Å². The van der Waals surface area contributed by atoms with Crippen LogP contribution in [0.5, 0.6) is 0 Å². The van der Waals surface area contributed by atoms with E-state index >= 15 is 0 Å². The van der Waals surface area contributed by atoms with Crippen molar-refractivity contribution in [3.63, 3.8) is 0 Å². The Bertz CT molecular complexity index is 1190. The first kappa shape index (κ1) is 33.1. The first-order valence-corrected chi connectivity index (χ1v) is 12.6. The Labute approximate surface area is 232 Å². The Morgan fingerprint density at radius 2 is 0.643 bits per heavy atom. The molecule has 2 nitrogen and oxygen atoms in total. The summed E-state index contributed by atoms with van der Waals surface area (Å²) in [5, 5.41) is 18.5. The van der Waals surface area contributed by atoms with Crippen molar-refractivity contribution in [2.45, 2.75) is 86.9 Å². The second-order valence-electron chi connectivity index (χ2n) is 10.4. The number of halogens is 12. The van der Waals surface area contributed by atoms with Gasteiger partial charge in [0.05, 0.1) is 45.2 Å². The molecular formula is C28H22F12N2. The van der Waals surface area contributed by atoms with E-state index in [4.69, 9.17) is 0 Å². The highest BCUT2D eigenvalue weighted by Gasteiger charge is 2.43. The van der Waals surface area contributed by atoms with Crippen LogP contribution in [-0.2, 0) is 35.5 Å². The number of rotatable bonds is 2. The number of hydrogen-bond acceptors (Lipinski definition) is 2. The van der Waals surface area contributed by atoms with Crippen molar-refractivity contribution in [1.82, 2.24) is 0 Å². The monoisotopic (exact) mass is 614 g/mol. The molecule has 0 radical (unpaired) electrons. The summed E-state index contributed by atoms with van der Waals surface area (Å²) in [5.74, 6) is 0. The first-order valence-electron chi connectivity index (χ1n) is 12.6. The molecule has 4 rings (SSSR count). The number of nitriles is 2. The molecule has 2 fully saturated rings. The predicted octanol–water partition coefficient (Wildman–Crippen LogP) is 10.1. The van der Waals surface area contributed by atoms with Gasteiger partial charge >= 0.3 is 24.7 Å². The summed E-state index contributed by atoms with van der Waals surface area (Å²) in [6.07, 6.45) is -16.0. The van der Waals surface area contributed by atoms with Gasteiger partial charge in [0.15, 0.2) is 0 Å². The van der Waals surface area contributed by atoms with Crippen LogP contribution in [0.4, 0.5) is 52.7 Å². The largest absolute Gasteiger partial charge is 0.416 e. The molecule has 0 aromatic heterocycles. The summed E-state index contributed by atoms with van der Waals surface area (Å²) in [4.78, 5) is 0. The molecule has 0 N–H and O–H groups in total. The second kappa shape index (κ2) is 11.3. The van der Waals surface area contributed by atoms with E-state index in [2.05, 4.69) is 0 Å². The lowest BCUT2D eigenvalue weighted by Gasteiger charge is -2.23. The van der Waals surface area contributed by atoms with Gasteiger partial charge in [-0.2, -0.15) is 63.2 Å². The SMILES string of the molecule is N#CC1(c2cc(C(F)(F)F)cc(C(F)(F)F)c2)CCCC1.N#CC1(c2cc(C(F)(F)F)cc(C(F)(F)F)c2)CCCC1. The van der Waals surface area contributed by atoms with Crippen LogP contribution in [0.3, 0.4) is 0 Å². The molecule has 14 heteroatoms. The standard InChI is InChI=1S/2C14H11F6N/c2*15-13(16,17)10-5-9(6-11(7-10)14(18,19)20)12(8-21)3-1-2-4-12/h2*5-7H,1-4H2. The molecule has 0 amide bonds. The fourth-order valence-corrected chi connectivity index (χ4v) is 5.35. The predicted molar refractivity (Wildman–Crippen MR) is 124 cm³/mol. The minimum Gasteiger partial charge on any atom is -0.197 e. The lowest BCUT2D eigenvalue weighted by atomic mass is 9.79. The topological polar surface area (TPSA) is 47.6 Å². The third-order valence-corrected chi connectivity index (χ3v) is 7.62. The van der Waals surface area contributed by atoms with Gasteiger partial charge < -0.3 is 0 Å². The Morgan fingerprint density at radius 3 is 0.810 bits per heavy atom. The van der Waals surface area contributed by atoms with E-state index in [1.807, 2.05) is 12.1 Å². The highest BCUT2D eigenvalue weighted by molar-refractivity contribution is 5.43. The third kappa shape index (κ3) is 7.13. The summed E-state index contributed by atoms with van der Waals surface area (Å²) in [5.41, 5.74) is -8.34. The summed E-state index contributed by atoms with van der Waals surface area (Å²) < 4.78 is 154. The summed E-state index contributed by atoms with van der Waals surface area (Å²) in [7, 11) is 0. The average molecular weight is 614 g/mol. The van der Waals surface area contributed by atoms with E-state index in [1.54, 1.807) is 0 Å². The maximum atomic E-state index is 12.8. The lowest BCUT2D eigenvalue weighted by Crippen LogP contribution is -2.22. The molecule has 2 saturated carbocycles. The van der Waals surface area contributed by atoms with Gasteiger partial charge in [0, 0.05) is 0 Å². The van der Waals surface area contributed by atoms with Crippen molar-refractivity contribution >= 4 is 0 Å². The molecule has 2 aliphatic carbocycles. The molecule has 0 aliphatic heterocycles. The van der Waals surface area contributed by atoms with E-state index in [0.29, 0.717) is 49.9 Å². The highest BCUT2D eigenvalue weighted by atomic mass is 19.4. The van der Waals surface area contributed by atoms with Crippen LogP contribution in [-0.4, -0.2) is 0 Å². The third-order valence-electron chi connectivity index (χ3n) is 7.62. The normalized spacial score (nSPS) is 18.5. The van der Waals surface area contributed by atoms with E-state index < -0.39 is 57.8 Å². The Morgan fingerprint density at radius 1 is 0.429 bits per heavy atom. The van der Waals surface area contributed by atoms with Gasteiger partial charge in [0.1, 0.15) is 0 Å². The van der Waals surface area contributed by atoms with E-state index in [9.17, 15) is 63.2 Å². The zero-order valence-corrected chi connectivity index (χ0v) is 21.6. The summed E-state index contributed by atoms with van der Waals surface area (Å²) in [6.45, 7) is 0. The molecule has 2 aliphatic rings. The number of nitrogens with zero attached hydrogens (tertiary/aromatic N) is 2. The summed E-state index contributed by atoms with van der Waals surface area (Å²) >= 11 is 0. The van der Waals surface area contributed by atoms with Gasteiger partial charge in [-0.25, -0.2) is 0 Å². The molecule has 0 saturated heterocycles. The van der Waals surface area contributed by atoms with E-state index in [0.717, 1.165) is 0 Å². The molecule has 228 valence electrons. The number of alkyl halides is 12. The quantitative estimate of drug-likeness (QED) is 0.316. The molecule has 0 heterocycles. The van der Waals surface area contributed by atoms with Crippen molar-refractivity contribution in [2.75, 3.05) is 0 Å². The van der Waals surface area contributed by atoms with Crippen molar-refractivity contribution in [1.29, 1.82) is 10.5 Å². The molecule has 2 aromatic rings. The molecule has 0 spiro atoms. The van der Waals surface area contributed by atoms with Crippen LogP contribution in [0.15, 0.2) is 36.4 Å². The Balaban J connectivity index is 0.000000230. The van der Waals surface area contributed by atoms with Gasteiger partial charge in [-0.15, -0.1) is 0 Å². The second-order valence-corrected chi connectivity index (χ2v) is 10.4. The van der Waals surface area contributed by atoms with Crippen LogP contribution in [0.2, 0.25) is 0 Å². The van der Waals surface area contributed by atoms with E-state index in [1.165, 1.54) is 0 Å². The van der Waals surface area contributed by atoms with Crippen LogP contribution >= 0.6 is 0 Å². The van der Waals surface area contributed by atoms with Crippen molar-refractivity contribution < 1.29 is 52.7 Å². The minimum atomic E-state index is -4.88. The molecule has 0 bridgehead atoms. The van der Waals surface area contributed by atoms with Gasteiger partial charge in [0.25, 0.3) is 0 Å². The Kier molecular flexibility index (Phi) is 8.94. The summed E-state index contributed by atoms with van der Waals surface area (Å²) in [6, 6.07) is 6.69. The highest BCUT2D eigenvalue weighted by Crippen LogP contribution is 2.46.